The molecule has 0 aromatic carbocycles. The molecule has 1 aliphatic heterocycles. The van der Waals surface area contributed by atoms with E-state index in [9.17, 15) is 9.59 Å². The first-order valence-electron chi connectivity index (χ1n) is 6.08. The number of amides is 1. The van der Waals surface area contributed by atoms with Crippen molar-refractivity contribution in [3.05, 3.63) is 0 Å². The van der Waals surface area contributed by atoms with Crippen LogP contribution in [0.1, 0.15) is 33.6 Å². The van der Waals surface area contributed by atoms with E-state index in [0.717, 1.165) is 0 Å². The van der Waals surface area contributed by atoms with Gasteiger partial charge in [-0.1, -0.05) is 0 Å². The number of carbonyl (C=O) groups excluding carboxylic acids is 1. The second-order valence-electron chi connectivity index (χ2n) is 5.60. The Labute approximate surface area is 107 Å². The van der Waals surface area contributed by atoms with Crippen molar-refractivity contribution in [2.75, 3.05) is 13.2 Å². The van der Waals surface area contributed by atoms with Crippen LogP contribution in [0.25, 0.3) is 0 Å². The van der Waals surface area contributed by atoms with Crippen LogP contribution in [0, 0.1) is 5.92 Å². The number of aliphatic hydroxyl groups excluding tert-OH is 1. The number of nitrogens with zero attached hydrogens (tertiary/aromatic N) is 1. The van der Waals surface area contributed by atoms with Crippen LogP contribution in [0.4, 0.5) is 4.79 Å². The molecule has 2 unspecified atom stereocenters. The number of hydrogen-bond acceptors (Lipinski definition) is 4. The number of rotatable bonds is 2. The van der Waals surface area contributed by atoms with Gasteiger partial charge in [0.05, 0.1) is 0 Å². The lowest BCUT2D eigenvalue weighted by Gasteiger charge is -2.37. The first-order valence-corrected chi connectivity index (χ1v) is 6.08. The second-order valence-corrected chi connectivity index (χ2v) is 5.60. The molecule has 1 fully saturated rings. The summed E-state index contributed by atoms with van der Waals surface area (Å²) in [5.74, 6) is -1.12. The Balaban J connectivity index is 2.74. The van der Waals surface area contributed by atoms with Gasteiger partial charge in [0.1, 0.15) is 11.6 Å². The lowest BCUT2D eigenvalue weighted by atomic mass is 9.92. The summed E-state index contributed by atoms with van der Waals surface area (Å²) < 4.78 is 5.19. The normalized spacial score (nSPS) is 24.8. The number of aliphatic hydroxyl groups is 1. The molecule has 6 heteroatoms. The first-order chi connectivity index (χ1) is 8.24. The topological polar surface area (TPSA) is 87.1 Å². The molecule has 1 saturated heterocycles. The van der Waals surface area contributed by atoms with Gasteiger partial charge in [-0.15, -0.1) is 0 Å². The summed E-state index contributed by atoms with van der Waals surface area (Å²) in [4.78, 5) is 24.3. The maximum Gasteiger partial charge on any atom is 0.411 e. The summed E-state index contributed by atoms with van der Waals surface area (Å²) >= 11 is 0. The molecule has 6 nitrogen and oxygen atoms in total. The summed E-state index contributed by atoms with van der Waals surface area (Å²) in [6.07, 6.45) is 0.260. The fourth-order valence-electron chi connectivity index (χ4n) is 1.98. The van der Waals surface area contributed by atoms with Crippen molar-refractivity contribution < 1.29 is 24.5 Å². The van der Waals surface area contributed by atoms with Crippen molar-refractivity contribution in [1.29, 1.82) is 0 Å². The number of hydrogen-bond donors (Lipinski definition) is 2. The zero-order valence-electron chi connectivity index (χ0n) is 11.0. The van der Waals surface area contributed by atoms with Crippen LogP contribution < -0.4 is 0 Å². The van der Waals surface area contributed by atoms with E-state index in [1.807, 2.05) is 0 Å². The molecule has 0 aromatic heterocycles. The van der Waals surface area contributed by atoms with E-state index in [4.69, 9.17) is 14.9 Å². The largest absolute Gasteiger partial charge is 0.480 e. The fraction of sp³-hybridized carbons (Fsp3) is 0.833. The average Bonchev–Trinajstić information content (AvgIpc) is 2.25. The highest BCUT2D eigenvalue weighted by Crippen LogP contribution is 2.24. The number of piperidine rings is 1. The van der Waals surface area contributed by atoms with Gasteiger partial charge in [-0.3, -0.25) is 4.90 Å². The van der Waals surface area contributed by atoms with E-state index >= 15 is 0 Å². The summed E-state index contributed by atoms with van der Waals surface area (Å²) in [5.41, 5.74) is -0.645. The Kier molecular flexibility index (Phi) is 4.56. The van der Waals surface area contributed by atoms with Crippen LogP contribution >= 0.6 is 0 Å². The molecule has 0 radical (unpaired) electrons. The molecule has 0 saturated carbocycles. The Morgan fingerprint density at radius 1 is 1.39 bits per heavy atom. The first kappa shape index (κ1) is 14.8. The van der Waals surface area contributed by atoms with Crippen molar-refractivity contribution >= 4 is 12.1 Å². The van der Waals surface area contributed by atoms with Gasteiger partial charge in [-0.05, 0) is 39.5 Å². The van der Waals surface area contributed by atoms with Crippen LogP contribution in [0.15, 0.2) is 0 Å². The molecule has 2 N–H and O–H groups in total. The highest BCUT2D eigenvalue weighted by atomic mass is 16.6. The number of likely N-dealkylation sites (tertiary alicyclic amines) is 1. The second kappa shape index (κ2) is 5.56. The Morgan fingerprint density at radius 3 is 2.44 bits per heavy atom. The zero-order valence-corrected chi connectivity index (χ0v) is 11.0. The standard InChI is InChI=1S/C12H21NO5/c1-12(2,3)18-11(17)13-5-4-8(7-14)6-9(13)10(15)16/h8-9,14H,4-7H2,1-3H3,(H,15,16). The predicted molar refractivity (Wildman–Crippen MR) is 64.2 cm³/mol. The Bertz CT molecular complexity index is 323. The van der Waals surface area contributed by atoms with Gasteiger partial charge in [0, 0.05) is 13.2 Å². The van der Waals surface area contributed by atoms with Crippen molar-refractivity contribution in [2.24, 2.45) is 5.92 Å². The third kappa shape index (κ3) is 3.87. The highest BCUT2D eigenvalue weighted by molar-refractivity contribution is 5.80. The van der Waals surface area contributed by atoms with E-state index in [1.54, 1.807) is 20.8 Å². The van der Waals surface area contributed by atoms with Crippen LogP contribution in [-0.4, -0.2) is 52.0 Å². The molecule has 0 spiro atoms. The smallest absolute Gasteiger partial charge is 0.411 e. The lowest BCUT2D eigenvalue weighted by molar-refractivity contribution is -0.145. The maximum atomic E-state index is 11.9. The SMILES string of the molecule is CC(C)(C)OC(=O)N1CCC(CO)CC1C(=O)O. The molecule has 0 bridgehead atoms. The van der Waals surface area contributed by atoms with E-state index in [2.05, 4.69) is 0 Å². The van der Waals surface area contributed by atoms with Gasteiger partial charge in [0.25, 0.3) is 0 Å². The average molecular weight is 259 g/mol. The summed E-state index contributed by atoms with van der Waals surface area (Å²) in [6.45, 7) is 5.46. The molecule has 1 aliphatic rings. The minimum absolute atomic E-state index is 0.0497. The Morgan fingerprint density at radius 2 is 2.00 bits per heavy atom. The molecule has 1 amide bonds. The minimum atomic E-state index is -1.06. The van der Waals surface area contributed by atoms with Gasteiger partial charge < -0.3 is 14.9 Å². The van der Waals surface area contributed by atoms with Gasteiger partial charge in [-0.25, -0.2) is 9.59 Å². The van der Waals surface area contributed by atoms with Crippen LogP contribution in [-0.2, 0) is 9.53 Å². The molecule has 0 aliphatic carbocycles. The third-order valence-electron chi connectivity index (χ3n) is 2.88. The van der Waals surface area contributed by atoms with E-state index in [1.165, 1.54) is 4.90 Å². The lowest BCUT2D eigenvalue weighted by Crippen LogP contribution is -2.52. The van der Waals surface area contributed by atoms with E-state index in [-0.39, 0.29) is 18.9 Å². The van der Waals surface area contributed by atoms with Crippen molar-refractivity contribution in [3.8, 4) is 0 Å². The molecule has 0 aromatic rings. The number of carboxylic acid groups (broad SMARTS) is 1. The fourth-order valence-corrected chi connectivity index (χ4v) is 1.98. The number of carbonyl (C=O) groups is 2. The van der Waals surface area contributed by atoms with Crippen molar-refractivity contribution in [1.82, 2.24) is 4.90 Å². The van der Waals surface area contributed by atoms with Gasteiger partial charge in [0.2, 0.25) is 0 Å². The van der Waals surface area contributed by atoms with Gasteiger partial charge in [0.15, 0.2) is 0 Å². The minimum Gasteiger partial charge on any atom is -0.480 e. The third-order valence-corrected chi connectivity index (χ3v) is 2.88. The van der Waals surface area contributed by atoms with Crippen LogP contribution in [0.2, 0.25) is 0 Å². The molecule has 104 valence electrons. The van der Waals surface area contributed by atoms with Gasteiger partial charge in [-0.2, -0.15) is 0 Å². The molecule has 2 atom stereocenters. The van der Waals surface area contributed by atoms with Gasteiger partial charge >= 0.3 is 12.1 Å². The van der Waals surface area contributed by atoms with Crippen LogP contribution in [0.5, 0.6) is 0 Å². The molecule has 18 heavy (non-hydrogen) atoms. The number of aliphatic carboxylic acids is 1. The molecule has 1 rings (SSSR count). The summed E-state index contributed by atoms with van der Waals surface area (Å²) in [7, 11) is 0. The van der Waals surface area contributed by atoms with Crippen molar-refractivity contribution in [2.45, 2.75) is 45.3 Å². The predicted octanol–water partition coefficient (Wildman–Crippen LogP) is 1.08. The van der Waals surface area contributed by atoms with Crippen molar-refractivity contribution in [3.63, 3.8) is 0 Å². The van der Waals surface area contributed by atoms with E-state index < -0.39 is 23.7 Å². The number of carboxylic acids is 1. The number of ether oxygens (including phenoxy) is 1. The zero-order chi connectivity index (χ0) is 13.9. The summed E-state index contributed by atoms with van der Waals surface area (Å²) in [5, 5.41) is 18.2. The summed E-state index contributed by atoms with van der Waals surface area (Å²) in [6, 6.07) is -0.911. The molecular weight excluding hydrogens is 238 g/mol. The quantitative estimate of drug-likeness (QED) is 0.774. The maximum absolute atomic E-state index is 11.9. The van der Waals surface area contributed by atoms with E-state index in [0.29, 0.717) is 13.0 Å². The highest BCUT2D eigenvalue weighted by Gasteiger charge is 2.37. The molecule has 1 heterocycles. The molecular formula is C12H21NO5. The van der Waals surface area contributed by atoms with Crippen LogP contribution in [0.3, 0.4) is 0 Å². The monoisotopic (exact) mass is 259 g/mol. The Hall–Kier alpha value is -1.30.